The minimum atomic E-state index is -0.359. The van der Waals surface area contributed by atoms with E-state index in [1.54, 1.807) is 18.8 Å². The highest BCUT2D eigenvalue weighted by Gasteiger charge is 2.18. The Balaban J connectivity index is 2.78. The minimum absolute atomic E-state index is 0.323. The van der Waals surface area contributed by atoms with Gasteiger partial charge in [0.25, 0.3) is 5.56 Å². The third kappa shape index (κ3) is 3.49. The molecule has 6 nitrogen and oxygen atoms in total. The molecule has 2 heterocycles. The van der Waals surface area contributed by atoms with Gasteiger partial charge in [-0.3, -0.25) is 13.9 Å². The summed E-state index contributed by atoms with van der Waals surface area (Å²) in [5.74, 6) is 0.702. The van der Waals surface area contributed by atoms with Gasteiger partial charge in [0.05, 0.1) is 0 Å². The molecular weight excluding hydrogens is 312 g/mol. The third-order valence-corrected chi connectivity index (χ3v) is 5.21. The standard InChI is InChI=1S/C16H24N4O2S/c1-6-8-9-11-17-13-12(14(18-11)23-10(3)7-2)15(21)20(5)16(22)19(13)4/h10H,6-9H2,1-5H3/t10-/m0/s1. The molecule has 0 bridgehead atoms. The summed E-state index contributed by atoms with van der Waals surface area (Å²) >= 11 is 1.58. The van der Waals surface area contributed by atoms with Crippen LogP contribution in [-0.4, -0.2) is 24.4 Å². The van der Waals surface area contributed by atoms with Crippen LogP contribution in [0.1, 0.15) is 45.9 Å². The molecule has 0 spiro atoms. The van der Waals surface area contributed by atoms with Crippen molar-refractivity contribution in [3.63, 3.8) is 0 Å². The Morgan fingerprint density at radius 1 is 1.13 bits per heavy atom. The zero-order chi connectivity index (χ0) is 17.1. The fraction of sp³-hybridized carbons (Fsp3) is 0.625. The second kappa shape index (κ2) is 7.29. The summed E-state index contributed by atoms with van der Waals surface area (Å²) in [5.41, 5.74) is -0.247. The van der Waals surface area contributed by atoms with Crippen molar-refractivity contribution in [2.75, 3.05) is 0 Å². The van der Waals surface area contributed by atoms with E-state index in [2.05, 4.69) is 30.7 Å². The molecular formula is C16H24N4O2S. The summed E-state index contributed by atoms with van der Waals surface area (Å²) in [6, 6.07) is 0. The Labute approximate surface area is 140 Å². The number of hydrogen-bond donors (Lipinski definition) is 0. The monoisotopic (exact) mass is 336 g/mol. The molecule has 2 rings (SSSR count). The van der Waals surface area contributed by atoms with Crippen LogP contribution < -0.4 is 11.2 Å². The lowest BCUT2D eigenvalue weighted by Crippen LogP contribution is -2.38. The Hall–Kier alpha value is -1.63. The molecule has 126 valence electrons. The van der Waals surface area contributed by atoms with E-state index in [-0.39, 0.29) is 11.2 Å². The molecule has 0 saturated carbocycles. The van der Waals surface area contributed by atoms with Crippen molar-refractivity contribution < 1.29 is 0 Å². The van der Waals surface area contributed by atoms with Gasteiger partial charge in [0, 0.05) is 25.8 Å². The van der Waals surface area contributed by atoms with Crippen molar-refractivity contribution in [3.8, 4) is 0 Å². The van der Waals surface area contributed by atoms with E-state index in [4.69, 9.17) is 0 Å². The molecule has 0 aliphatic carbocycles. The summed E-state index contributed by atoms with van der Waals surface area (Å²) in [6.07, 6.45) is 3.76. The first kappa shape index (κ1) is 17.7. The normalized spacial score (nSPS) is 12.7. The van der Waals surface area contributed by atoms with Crippen molar-refractivity contribution in [3.05, 3.63) is 26.7 Å². The number of fused-ring (bicyclic) bond motifs is 1. The maximum atomic E-state index is 12.6. The Kier molecular flexibility index (Phi) is 5.62. The van der Waals surface area contributed by atoms with Crippen molar-refractivity contribution >= 4 is 22.8 Å². The molecule has 0 aromatic carbocycles. The highest BCUT2D eigenvalue weighted by Crippen LogP contribution is 2.27. The molecule has 0 radical (unpaired) electrons. The fourth-order valence-corrected chi connectivity index (χ4v) is 3.28. The topological polar surface area (TPSA) is 69.8 Å². The zero-order valence-electron chi connectivity index (χ0n) is 14.4. The maximum Gasteiger partial charge on any atom is 0.332 e. The molecule has 0 saturated heterocycles. The average molecular weight is 336 g/mol. The number of unbranched alkanes of at least 4 members (excludes halogenated alkanes) is 1. The SMILES string of the molecule is CCCCc1nc(S[C@@H](C)CC)c2c(=O)n(C)c(=O)n(C)c2n1. The molecule has 2 aromatic rings. The highest BCUT2D eigenvalue weighted by molar-refractivity contribution is 8.00. The van der Waals surface area contributed by atoms with Crippen LogP contribution in [0.25, 0.3) is 11.0 Å². The van der Waals surface area contributed by atoms with Crippen LogP contribution in [0.15, 0.2) is 14.6 Å². The van der Waals surface area contributed by atoms with E-state index >= 15 is 0 Å². The molecule has 1 atom stereocenters. The molecule has 0 amide bonds. The lowest BCUT2D eigenvalue weighted by molar-refractivity contribution is 0.690. The second-order valence-electron chi connectivity index (χ2n) is 5.79. The predicted molar refractivity (Wildman–Crippen MR) is 94.2 cm³/mol. The summed E-state index contributed by atoms with van der Waals surface area (Å²) in [4.78, 5) is 33.9. The highest BCUT2D eigenvalue weighted by atomic mass is 32.2. The van der Waals surface area contributed by atoms with E-state index in [1.165, 1.54) is 11.6 Å². The lowest BCUT2D eigenvalue weighted by atomic mass is 10.2. The van der Waals surface area contributed by atoms with Crippen LogP contribution in [0.3, 0.4) is 0 Å². The van der Waals surface area contributed by atoms with Gasteiger partial charge in [-0.1, -0.05) is 27.2 Å². The smallest absolute Gasteiger partial charge is 0.280 e. The number of aryl methyl sites for hydroxylation is 2. The lowest BCUT2D eigenvalue weighted by Gasteiger charge is -2.13. The molecule has 23 heavy (non-hydrogen) atoms. The van der Waals surface area contributed by atoms with E-state index in [1.807, 2.05) is 0 Å². The molecule has 0 aliphatic heterocycles. The fourth-order valence-electron chi connectivity index (χ4n) is 2.28. The summed E-state index contributed by atoms with van der Waals surface area (Å²) < 4.78 is 2.56. The maximum absolute atomic E-state index is 12.6. The number of rotatable bonds is 6. The van der Waals surface area contributed by atoms with Gasteiger partial charge in [0.15, 0.2) is 5.65 Å². The molecule has 0 N–H and O–H groups in total. The van der Waals surface area contributed by atoms with Gasteiger partial charge < -0.3 is 0 Å². The predicted octanol–water partition coefficient (Wildman–Crippen LogP) is 2.26. The van der Waals surface area contributed by atoms with E-state index in [0.717, 1.165) is 30.3 Å². The van der Waals surface area contributed by atoms with Crippen molar-refractivity contribution in [1.29, 1.82) is 0 Å². The van der Waals surface area contributed by atoms with Crippen LogP contribution >= 0.6 is 11.8 Å². The number of aromatic nitrogens is 4. The van der Waals surface area contributed by atoms with Crippen molar-refractivity contribution in [2.24, 2.45) is 14.1 Å². The van der Waals surface area contributed by atoms with E-state index in [9.17, 15) is 9.59 Å². The van der Waals surface area contributed by atoms with Gasteiger partial charge >= 0.3 is 5.69 Å². The first-order chi connectivity index (χ1) is 10.9. The number of thioether (sulfide) groups is 1. The second-order valence-corrected chi connectivity index (χ2v) is 7.22. The summed E-state index contributed by atoms with van der Waals surface area (Å²) in [7, 11) is 3.14. The molecule has 0 unspecified atom stereocenters. The summed E-state index contributed by atoms with van der Waals surface area (Å²) in [6.45, 7) is 6.32. The molecule has 2 aromatic heterocycles. The van der Waals surface area contributed by atoms with Gasteiger partial charge in [0.1, 0.15) is 16.2 Å². The number of hydrogen-bond acceptors (Lipinski definition) is 5. The van der Waals surface area contributed by atoms with Gasteiger partial charge in [-0.2, -0.15) is 0 Å². The van der Waals surface area contributed by atoms with Crippen LogP contribution in [0.4, 0.5) is 0 Å². The first-order valence-corrected chi connectivity index (χ1v) is 8.91. The molecule has 7 heteroatoms. The van der Waals surface area contributed by atoms with Crippen LogP contribution in [0.2, 0.25) is 0 Å². The largest absolute Gasteiger partial charge is 0.332 e. The van der Waals surface area contributed by atoms with E-state index in [0.29, 0.717) is 27.1 Å². The minimum Gasteiger partial charge on any atom is -0.280 e. The third-order valence-electron chi connectivity index (χ3n) is 3.95. The van der Waals surface area contributed by atoms with E-state index < -0.39 is 0 Å². The van der Waals surface area contributed by atoms with Gasteiger partial charge in [-0.15, -0.1) is 11.8 Å². The van der Waals surface area contributed by atoms with Gasteiger partial charge in [-0.05, 0) is 12.8 Å². The number of nitrogens with zero attached hydrogens (tertiary/aromatic N) is 4. The van der Waals surface area contributed by atoms with Crippen LogP contribution in [0, 0.1) is 0 Å². The Morgan fingerprint density at radius 3 is 2.43 bits per heavy atom. The van der Waals surface area contributed by atoms with Crippen LogP contribution in [0.5, 0.6) is 0 Å². The Bertz CT molecular complexity index is 825. The van der Waals surface area contributed by atoms with Crippen LogP contribution in [-0.2, 0) is 20.5 Å². The quantitative estimate of drug-likeness (QED) is 0.598. The molecule has 0 fully saturated rings. The molecule has 0 aliphatic rings. The zero-order valence-corrected chi connectivity index (χ0v) is 15.2. The average Bonchev–Trinajstić information content (AvgIpc) is 2.55. The van der Waals surface area contributed by atoms with Crippen molar-refractivity contribution in [1.82, 2.24) is 19.1 Å². The van der Waals surface area contributed by atoms with Crippen molar-refractivity contribution in [2.45, 2.75) is 56.7 Å². The Morgan fingerprint density at radius 2 is 1.83 bits per heavy atom. The van der Waals surface area contributed by atoms with Gasteiger partial charge in [0.2, 0.25) is 0 Å². The first-order valence-electron chi connectivity index (χ1n) is 8.03. The van der Waals surface area contributed by atoms with Gasteiger partial charge in [-0.25, -0.2) is 14.8 Å². The summed E-state index contributed by atoms with van der Waals surface area (Å²) in [5, 5.41) is 1.47.